The van der Waals surface area contributed by atoms with Crippen LogP contribution in [0, 0.1) is 10.1 Å². The minimum Gasteiger partial charge on any atom is -0.490 e. The summed E-state index contributed by atoms with van der Waals surface area (Å²) in [6, 6.07) is 13.7. The van der Waals surface area contributed by atoms with Crippen LogP contribution in [-0.4, -0.2) is 28.8 Å². The van der Waals surface area contributed by atoms with Crippen LogP contribution in [0.15, 0.2) is 99.2 Å². The van der Waals surface area contributed by atoms with Crippen molar-refractivity contribution in [3.05, 3.63) is 109 Å². The summed E-state index contributed by atoms with van der Waals surface area (Å²) in [6.07, 6.45) is 15.3. The number of rotatable bonds is 17. The summed E-state index contributed by atoms with van der Waals surface area (Å²) >= 11 is 0. The standard InChI is InChI=1S/C15H19NO3.C15H21NO.C2H6O.Fe/c1-3-5-7-14(8-6-4-2)19-15-11-9-13(10-12-15)16(17)18;1-3-5-7-14(8-6-4-2)17-15-11-9-13(16)10-12-15;1-2-3;/h3-4,9-12,14H,1-2,5-8H2;3-4,9-12,14H,1-2,5-8,16H2;3H,2H2,1H3;. The predicted octanol–water partition coefficient (Wildman–Crippen LogP) is 8.22. The third kappa shape index (κ3) is 19.7. The fourth-order valence-electron chi connectivity index (χ4n) is 3.32. The van der Waals surface area contributed by atoms with Crippen molar-refractivity contribution in [3.63, 3.8) is 0 Å². The number of nitrogens with zero attached hydrogens (tertiary/aromatic N) is 1. The van der Waals surface area contributed by atoms with Crippen molar-refractivity contribution in [2.24, 2.45) is 0 Å². The maximum Gasteiger partial charge on any atom is 0.269 e. The van der Waals surface area contributed by atoms with Crippen LogP contribution in [0.4, 0.5) is 11.4 Å². The zero-order chi connectivity index (χ0) is 29.3. The summed E-state index contributed by atoms with van der Waals surface area (Å²) in [6.45, 7) is 16.8. The quantitative estimate of drug-likeness (QED) is 0.0628. The Bertz CT molecular complexity index is 925. The van der Waals surface area contributed by atoms with Gasteiger partial charge in [-0.3, -0.25) is 10.1 Å². The maximum atomic E-state index is 10.6. The first-order valence-corrected chi connectivity index (χ1v) is 13.3. The molecule has 2 aromatic carbocycles. The molecular formula is C32H46FeN2O5. The summed E-state index contributed by atoms with van der Waals surface area (Å²) in [5.74, 6) is 1.53. The average Bonchev–Trinajstić information content (AvgIpc) is 2.94. The van der Waals surface area contributed by atoms with Gasteiger partial charge in [-0.05, 0) is 94.7 Å². The van der Waals surface area contributed by atoms with Crippen molar-refractivity contribution in [3.8, 4) is 11.5 Å². The number of hydrogen-bond donors (Lipinski definition) is 2. The van der Waals surface area contributed by atoms with Gasteiger partial charge in [-0.15, -0.1) is 26.3 Å². The predicted molar refractivity (Wildman–Crippen MR) is 163 cm³/mol. The molecule has 2 aromatic rings. The van der Waals surface area contributed by atoms with Gasteiger partial charge in [0.2, 0.25) is 0 Å². The second-order valence-corrected chi connectivity index (χ2v) is 8.58. The molecule has 0 aromatic heterocycles. The van der Waals surface area contributed by atoms with Crippen LogP contribution in [-0.2, 0) is 17.1 Å². The number of hydrogen-bond acceptors (Lipinski definition) is 6. The van der Waals surface area contributed by atoms with Crippen molar-refractivity contribution in [1.82, 2.24) is 0 Å². The normalized spacial score (nSPS) is 9.60. The molecule has 0 aliphatic carbocycles. The number of non-ortho nitro benzene ring substituents is 1. The number of ether oxygens (including phenoxy) is 2. The molecule has 8 heteroatoms. The molecule has 40 heavy (non-hydrogen) atoms. The van der Waals surface area contributed by atoms with Crippen molar-refractivity contribution in [2.45, 2.75) is 70.5 Å². The summed E-state index contributed by atoms with van der Waals surface area (Å²) < 4.78 is 11.8. The van der Waals surface area contributed by atoms with E-state index in [1.165, 1.54) is 12.1 Å². The van der Waals surface area contributed by atoms with Gasteiger partial charge < -0.3 is 20.3 Å². The van der Waals surface area contributed by atoms with E-state index < -0.39 is 4.92 Å². The molecule has 0 saturated carbocycles. The Morgan fingerprint density at radius 3 is 1.35 bits per heavy atom. The van der Waals surface area contributed by atoms with E-state index in [1.807, 2.05) is 48.6 Å². The van der Waals surface area contributed by atoms with Gasteiger partial charge in [0, 0.05) is 41.5 Å². The second kappa shape index (κ2) is 25.9. The van der Waals surface area contributed by atoms with Crippen LogP contribution in [0.1, 0.15) is 58.3 Å². The molecule has 0 fully saturated rings. The van der Waals surface area contributed by atoms with E-state index in [2.05, 4.69) is 26.3 Å². The first-order valence-electron chi connectivity index (χ1n) is 13.3. The van der Waals surface area contributed by atoms with E-state index in [0.717, 1.165) is 62.8 Å². The summed E-state index contributed by atoms with van der Waals surface area (Å²) in [5.41, 5.74) is 6.46. The van der Waals surface area contributed by atoms with E-state index >= 15 is 0 Å². The number of nitro groups is 1. The molecule has 0 aliphatic heterocycles. The van der Waals surface area contributed by atoms with E-state index in [0.29, 0.717) is 5.75 Å². The topological polar surface area (TPSA) is 108 Å². The van der Waals surface area contributed by atoms with Crippen LogP contribution >= 0.6 is 0 Å². The molecular weight excluding hydrogens is 548 g/mol. The van der Waals surface area contributed by atoms with E-state index in [9.17, 15) is 10.1 Å². The Kier molecular flexibility index (Phi) is 25.2. The second-order valence-electron chi connectivity index (χ2n) is 8.58. The molecule has 0 saturated heterocycles. The molecule has 0 amide bonds. The Hall–Kier alpha value is -3.32. The van der Waals surface area contributed by atoms with Crippen LogP contribution in [0.3, 0.4) is 0 Å². The Labute approximate surface area is 251 Å². The SMILES string of the molecule is C=CCCC(CCC=C)Oc1ccc(N)cc1.C=CCCC(CCC=C)Oc1ccc([N+](=O)[O-])cc1.CCO.[Fe]. The zero-order valence-electron chi connectivity index (χ0n) is 23.7. The van der Waals surface area contributed by atoms with Gasteiger partial charge in [-0.1, -0.05) is 24.3 Å². The van der Waals surface area contributed by atoms with Crippen molar-refractivity contribution < 1.29 is 36.6 Å². The molecule has 3 N–H and O–H groups in total. The Morgan fingerprint density at radius 1 is 0.775 bits per heavy atom. The monoisotopic (exact) mass is 594 g/mol. The number of benzene rings is 2. The average molecular weight is 595 g/mol. The van der Waals surface area contributed by atoms with Gasteiger partial charge >= 0.3 is 0 Å². The molecule has 2 rings (SSSR count). The van der Waals surface area contributed by atoms with Crippen molar-refractivity contribution in [1.29, 1.82) is 0 Å². The first-order chi connectivity index (χ1) is 18.8. The molecule has 7 nitrogen and oxygen atoms in total. The number of nitro benzene ring substituents is 1. The Morgan fingerprint density at radius 2 is 1.07 bits per heavy atom. The third-order valence-corrected chi connectivity index (χ3v) is 5.30. The minimum atomic E-state index is -0.420. The third-order valence-electron chi connectivity index (χ3n) is 5.30. The van der Waals surface area contributed by atoms with Crippen LogP contribution in [0.2, 0.25) is 0 Å². The number of aliphatic hydroxyl groups excluding tert-OH is 1. The fourth-order valence-corrected chi connectivity index (χ4v) is 3.32. The van der Waals surface area contributed by atoms with E-state index in [-0.39, 0.29) is 41.6 Å². The molecule has 0 atom stereocenters. The molecule has 0 unspecified atom stereocenters. The smallest absolute Gasteiger partial charge is 0.269 e. The zero-order valence-corrected chi connectivity index (χ0v) is 24.8. The Balaban J connectivity index is 0. The molecule has 0 aliphatic rings. The number of anilines is 1. The molecule has 222 valence electrons. The van der Waals surface area contributed by atoms with Gasteiger partial charge in [-0.25, -0.2) is 0 Å². The van der Waals surface area contributed by atoms with Crippen LogP contribution < -0.4 is 15.2 Å². The number of aliphatic hydroxyl groups is 1. The van der Waals surface area contributed by atoms with Crippen LogP contribution in [0.25, 0.3) is 0 Å². The minimum absolute atomic E-state index is 0. The van der Waals surface area contributed by atoms with Gasteiger partial charge in [0.05, 0.1) is 17.1 Å². The van der Waals surface area contributed by atoms with Gasteiger partial charge in [-0.2, -0.15) is 0 Å². The largest absolute Gasteiger partial charge is 0.490 e. The molecule has 0 spiro atoms. The number of nitrogens with two attached hydrogens (primary N) is 1. The van der Waals surface area contributed by atoms with Gasteiger partial charge in [0.1, 0.15) is 11.5 Å². The van der Waals surface area contributed by atoms with Crippen molar-refractivity contribution >= 4 is 11.4 Å². The van der Waals surface area contributed by atoms with E-state index in [4.69, 9.17) is 20.3 Å². The molecule has 0 radical (unpaired) electrons. The van der Waals surface area contributed by atoms with Crippen LogP contribution in [0.5, 0.6) is 11.5 Å². The van der Waals surface area contributed by atoms with Gasteiger partial charge in [0.15, 0.2) is 0 Å². The summed E-state index contributed by atoms with van der Waals surface area (Å²) in [7, 11) is 0. The van der Waals surface area contributed by atoms with Crippen molar-refractivity contribution in [2.75, 3.05) is 12.3 Å². The first kappa shape index (κ1) is 38.8. The summed E-state index contributed by atoms with van der Waals surface area (Å²) in [4.78, 5) is 10.1. The molecule has 0 heterocycles. The summed E-state index contributed by atoms with van der Waals surface area (Å²) in [5, 5.41) is 18.1. The fraction of sp³-hybridized carbons (Fsp3) is 0.375. The van der Waals surface area contributed by atoms with Gasteiger partial charge in [0.25, 0.3) is 5.69 Å². The maximum absolute atomic E-state index is 10.6. The van der Waals surface area contributed by atoms with E-state index in [1.54, 1.807) is 19.1 Å². The molecule has 0 bridgehead atoms. The number of allylic oxidation sites excluding steroid dienone is 4. The number of nitrogen functional groups attached to an aromatic ring is 1.